The quantitative estimate of drug-likeness (QED) is 0.677. The maximum Gasteiger partial charge on any atom is 0.0622 e. The standard InChI is InChI=1S/C11H21NO2/c1-9(6-13-2)5-12-10-3-4-11(12)8-14-7-10/h9-11H,3-8H2,1-2H3/t9-,10?,11?/m0/s1. The van der Waals surface area contributed by atoms with Gasteiger partial charge in [0.15, 0.2) is 0 Å². The second kappa shape index (κ2) is 4.60. The van der Waals surface area contributed by atoms with Gasteiger partial charge in [-0.25, -0.2) is 0 Å². The maximum absolute atomic E-state index is 5.56. The van der Waals surface area contributed by atoms with E-state index in [1.165, 1.54) is 19.4 Å². The van der Waals surface area contributed by atoms with E-state index >= 15 is 0 Å². The number of morpholine rings is 1. The van der Waals surface area contributed by atoms with Crippen molar-refractivity contribution >= 4 is 0 Å². The summed E-state index contributed by atoms with van der Waals surface area (Å²) in [6.45, 7) is 6.19. The Hall–Kier alpha value is -0.120. The minimum atomic E-state index is 0.640. The van der Waals surface area contributed by atoms with E-state index in [4.69, 9.17) is 9.47 Å². The molecule has 0 aromatic carbocycles. The highest BCUT2D eigenvalue weighted by Gasteiger charge is 2.37. The Bertz CT molecular complexity index is 170. The second-order valence-electron chi connectivity index (χ2n) is 4.68. The molecule has 3 heteroatoms. The zero-order chi connectivity index (χ0) is 9.97. The van der Waals surface area contributed by atoms with E-state index in [0.717, 1.165) is 19.8 Å². The van der Waals surface area contributed by atoms with Crippen LogP contribution >= 0.6 is 0 Å². The fourth-order valence-corrected chi connectivity index (χ4v) is 2.71. The predicted octanol–water partition coefficient (Wildman–Crippen LogP) is 1.13. The number of fused-ring (bicyclic) bond motifs is 2. The normalized spacial score (nSPS) is 34.7. The lowest BCUT2D eigenvalue weighted by atomic mass is 10.1. The summed E-state index contributed by atoms with van der Waals surface area (Å²) in [6.07, 6.45) is 2.65. The third kappa shape index (κ3) is 2.10. The van der Waals surface area contributed by atoms with Crippen molar-refractivity contribution in [3.8, 4) is 0 Å². The number of methoxy groups -OCH3 is 1. The third-order valence-electron chi connectivity index (χ3n) is 3.37. The number of hydrogen-bond donors (Lipinski definition) is 0. The Kier molecular flexibility index (Phi) is 3.42. The first-order valence-corrected chi connectivity index (χ1v) is 5.63. The molecule has 0 N–H and O–H groups in total. The zero-order valence-corrected chi connectivity index (χ0v) is 9.24. The molecule has 2 heterocycles. The molecule has 0 aromatic heterocycles. The first kappa shape index (κ1) is 10.4. The Morgan fingerprint density at radius 3 is 2.57 bits per heavy atom. The fourth-order valence-electron chi connectivity index (χ4n) is 2.71. The van der Waals surface area contributed by atoms with Crippen LogP contribution in [0.3, 0.4) is 0 Å². The van der Waals surface area contributed by atoms with Gasteiger partial charge >= 0.3 is 0 Å². The van der Waals surface area contributed by atoms with Crippen molar-refractivity contribution in [2.45, 2.75) is 31.8 Å². The minimum Gasteiger partial charge on any atom is -0.384 e. The molecule has 2 aliphatic heterocycles. The molecule has 2 rings (SSSR count). The summed E-state index contributed by atoms with van der Waals surface area (Å²) in [5.41, 5.74) is 0. The lowest BCUT2D eigenvalue weighted by Gasteiger charge is -2.36. The molecular weight excluding hydrogens is 178 g/mol. The van der Waals surface area contributed by atoms with Crippen LogP contribution in [-0.2, 0) is 9.47 Å². The molecule has 2 fully saturated rings. The fraction of sp³-hybridized carbons (Fsp3) is 1.00. The van der Waals surface area contributed by atoms with Crippen LogP contribution in [0.2, 0.25) is 0 Å². The zero-order valence-electron chi connectivity index (χ0n) is 9.24. The average Bonchev–Trinajstić information content (AvgIpc) is 2.41. The van der Waals surface area contributed by atoms with Gasteiger partial charge in [-0.2, -0.15) is 0 Å². The summed E-state index contributed by atoms with van der Waals surface area (Å²) in [5.74, 6) is 0.640. The van der Waals surface area contributed by atoms with E-state index in [1.807, 2.05) is 0 Å². The molecular formula is C11H21NO2. The van der Waals surface area contributed by atoms with Crippen molar-refractivity contribution in [2.24, 2.45) is 5.92 Å². The van der Waals surface area contributed by atoms with Crippen LogP contribution in [-0.4, -0.2) is 50.5 Å². The van der Waals surface area contributed by atoms with Gasteiger partial charge in [0.05, 0.1) is 13.2 Å². The van der Waals surface area contributed by atoms with E-state index in [9.17, 15) is 0 Å². The summed E-state index contributed by atoms with van der Waals surface area (Å²) < 4.78 is 10.7. The molecule has 2 bridgehead atoms. The molecule has 0 amide bonds. The van der Waals surface area contributed by atoms with Crippen molar-refractivity contribution in [2.75, 3.05) is 33.5 Å². The van der Waals surface area contributed by atoms with Gasteiger partial charge in [0.25, 0.3) is 0 Å². The van der Waals surface area contributed by atoms with Crippen LogP contribution in [0.15, 0.2) is 0 Å². The molecule has 2 saturated heterocycles. The smallest absolute Gasteiger partial charge is 0.0622 e. The van der Waals surface area contributed by atoms with E-state index in [2.05, 4.69) is 11.8 Å². The van der Waals surface area contributed by atoms with Crippen LogP contribution in [0.25, 0.3) is 0 Å². The summed E-state index contributed by atoms with van der Waals surface area (Å²) in [5, 5.41) is 0. The van der Waals surface area contributed by atoms with Crippen molar-refractivity contribution < 1.29 is 9.47 Å². The minimum absolute atomic E-state index is 0.640. The topological polar surface area (TPSA) is 21.7 Å². The van der Waals surface area contributed by atoms with Gasteiger partial charge in [-0.3, -0.25) is 4.90 Å². The third-order valence-corrected chi connectivity index (χ3v) is 3.37. The van der Waals surface area contributed by atoms with Crippen molar-refractivity contribution in [3.63, 3.8) is 0 Å². The molecule has 2 unspecified atom stereocenters. The number of ether oxygens (including phenoxy) is 2. The SMILES string of the molecule is COC[C@@H](C)CN1C2CCC1COC2. The molecule has 82 valence electrons. The molecule has 0 saturated carbocycles. The Balaban J connectivity index is 1.85. The van der Waals surface area contributed by atoms with E-state index in [0.29, 0.717) is 18.0 Å². The summed E-state index contributed by atoms with van der Waals surface area (Å²) in [7, 11) is 1.78. The number of nitrogens with zero attached hydrogens (tertiary/aromatic N) is 1. The highest BCUT2D eigenvalue weighted by molar-refractivity contribution is 4.91. The van der Waals surface area contributed by atoms with Crippen LogP contribution in [0.5, 0.6) is 0 Å². The summed E-state index contributed by atoms with van der Waals surface area (Å²) >= 11 is 0. The van der Waals surface area contributed by atoms with Crippen LogP contribution in [0, 0.1) is 5.92 Å². The number of rotatable bonds is 4. The van der Waals surface area contributed by atoms with Crippen LogP contribution in [0.4, 0.5) is 0 Å². The van der Waals surface area contributed by atoms with Gasteiger partial charge < -0.3 is 9.47 Å². The first-order valence-electron chi connectivity index (χ1n) is 5.63. The lowest BCUT2D eigenvalue weighted by Crippen LogP contribution is -2.47. The van der Waals surface area contributed by atoms with Gasteiger partial charge in [0, 0.05) is 32.3 Å². The Morgan fingerprint density at radius 2 is 2.00 bits per heavy atom. The monoisotopic (exact) mass is 199 g/mol. The Morgan fingerprint density at radius 1 is 1.36 bits per heavy atom. The predicted molar refractivity (Wildman–Crippen MR) is 55.4 cm³/mol. The summed E-state index contributed by atoms with van der Waals surface area (Å²) in [4.78, 5) is 2.63. The van der Waals surface area contributed by atoms with Crippen molar-refractivity contribution in [3.05, 3.63) is 0 Å². The molecule has 0 radical (unpaired) electrons. The first-order chi connectivity index (χ1) is 6.81. The van der Waals surface area contributed by atoms with Gasteiger partial charge in [0.2, 0.25) is 0 Å². The van der Waals surface area contributed by atoms with Gasteiger partial charge in [-0.15, -0.1) is 0 Å². The Labute approximate surface area is 86.4 Å². The maximum atomic E-state index is 5.56. The van der Waals surface area contributed by atoms with Gasteiger partial charge in [-0.1, -0.05) is 6.92 Å². The molecule has 0 aromatic rings. The highest BCUT2D eigenvalue weighted by Crippen LogP contribution is 2.29. The van der Waals surface area contributed by atoms with Gasteiger partial charge in [-0.05, 0) is 18.8 Å². The molecule has 3 nitrogen and oxygen atoms in total. The lowest BCUT2D eigenvalue weighted by molar-refractivity contribution is -0.0250. The number of hydrogen-bond acceptors (Lipinski definition) is 3. The largest absolute Gasteiger partial charge is 0.384 e. The van der Waals surface area contributed by atoms with E-state index in [1.54, 1.807) is 7.11 Å². The van der Waals surface area contributed by atoms with E-state index in [-0.39, 0.29) is 0 Å². The second-order valence-corrected chi connectivity index (χ2v) is 4.68. The van der Waals surface area contributed by atoms with E-state index < -0.39 is 0 Å². The molecule has 3 atom stereocenters. The summed E-state index contributed by atoms with van der Waals surface area (Å²) in [6, 6.07) is 1.38. The molecule has 2 aliphatic rings. The van der Waals surface area contributed by atoms with Crippen molar-refractivity contribution in [1.29, 1.82) is 0 Å². The van der Waals surface area contributed by atoms with Crippen LogP contribution in [0.1, 0.15) is 19.8 Å². The molecule has 0 spiro atoms. The highest BCUT2D eigenvalue weighted by atomic mass is 16.5. The molecule has 0 aliphatic carbocycles. The molecule has 14 heavy (non-hydrogen) atoms. The van der Waals surface area contributed by atoms with Gasteiger partial charge in [0.1, 0.15) is 0 Å². The van der Waals surface area contributed by atoms with Crippen LogP contribution < -0.4 is 0 Å². The van der Waals surface area contributed by atoms with Crippen molar-refractivity contribution in [1.82, 2.24) is 4.90 Å². The average molecular weight is 199 g/mol.